The third-order valence-corrected chi connectivity index (χ3v) is 6.32. The summed E-state index contributed by atoms with van der Waals surface area (Å²) in [5, 5.41) is 3.34. The smallest absolute Gasteiger partial charge is 0.277 e. The number of hydroxylamine groups is 1. The first-order valence-corrected chi connectivity index (χ1v) is 11.6. The van der Waals surface area contributed by atoms with Crippen LogP contribution in [-0.4, -0.2) is 46.6 Å². The Balaban J connectivity index is 1.56. The second kappa shape index (κ2) is 10.2. The van der Waals surface area contributed by atoms with Crippen LogP contribution < -0.4 is 10.8 Å². The Bertz CT molecular complexity index is 1130. The zero-order chi connectivity index (χ0) is 22.7. The number of rotatable bonds is 7. The molecular weight excluding hydrogens is 501 g/mol. The minimum absolute atomic E-state index is 0.0162. The molecule has 0 bridgehead atoms. The van der Waals surface area contributed by atoms with Gasteiger partial charge in [0.15, 0.2) is 5.82 Å². The lowest BCUT2D eigenvalue weighted by atomic mass is 10.1. The van der Waals surface area contributed by atoms with E-state index < -0.39 is 11.7 Å². The molecule has 0 saturated carbocycles. The van der Waals surface area contributed by atoms with E-state index in [9.17, 15) is 4.79 Å². The highest BCUT2D eigenvalue weighted by Crippen LogP contribution is 2.34. The van der Waals surface area contributed by atoms with E-state index >= 15 is 4.39 Å². The number of amides is 1. The number of aromatic nitrogens is 2. The quantitative estimate of drug-likeness (QED) is 0.335. The predicted molar refractivity (Wildman–Crippen MR) is 127 cm³/mol. The maximum Gasteiger partial charge on any atom is 0.277 e. The van der Waals surface area contributed by atoms with Crippen LogP contribution in [0.4, 0.5) is 15.8 Å². The zero-order valence-electron chi connectivity index (χ0n) is 17.6. The number of anilines is 2. The Kier molecular flexibility index (Phi) is 7.30. The first-order chi connectivity index (χ1) is 15.4. The summed E-state index contributed by atoms with van der Waals surface area (Å²) in [6.07, 6.45) is 5.13. The summed E-state index contributed by atoms with van der Waals surface area (Å²) in [6.45, 7) is 3.17. The fourth-order valence-electron chi connectivity index (χ4n) is 3.78. The van der Waals surface area contributed by atoms with E-state index in [4.69, 9.17) is 16.4 Å². The molecule has 0 spiro atoms. The largest absolute Gasteiger partial charge is 0.351 e. The van der Waals surface area contributed by atoms with E-state index in [0.29, 0.717) is 22.8 Å². The number of hydrogen-bond acceptors (Lipinski definition) is 5. The molecule has 1 aliphatic heterocycles. The molecule has 1 amide bonds. The Morgan fingerprint density at radius 2 is 2.06 bits per heavy atom. The van der Waals surface area contributed by atoms with E-state index in [1.54, 1.807) is 35.9 Å². The Hall–Kier alpha value is -2.20. The summed E-state index contributed by atoms with van der Waals surface area (Å²) in [6, 6.07) is 6.74. The van der Waals surface area contributed by atoms with Crippen LogP contribution in [0.1, 0.15) is 29.6 Å². The molecule has 0 radical (unpaired) electrons. The number of nitrogens with one attached hydrogen (secondary N) is 2. The summed E-state index contributed by atoms with van der Waals surface area (Å²) < 4.78 is 17.9. The van der Waals surface area contributed by atoms with Crippen molar-refractivity contribution in [1.29, 1.82) is 0 Å². The monoisotopic (exact) mass is 523 g/mol. The van der Waals surface area contributed by atoms with Gasteiger partial charge in [0, 0.05) is 18.1 Å². The number of carbonyl (C=O) groups excluding carboxylic acids is 1. The van der Waals surface area contributed by atoms with Gasteiger partial charge in [-0.25, -0.2) is 14.9 Å². The van der Waals surface area contributed by atoms with Crippen LogP contribution in [0.15, 0.2) is 35.1 Å². The molecule has 10 heteroatoms. The van der Waals surface area contributed by atoms with Crippen LogP contribution in [-0.2, 0) is 11.9 Å². The van der Waals surface area contributed by atoms with Gasteiger partial charge in [-0.1, -0.05) is 34.0 Å². The number of fused-ring (bicyclic) bond motifs is 1. The predicted octanol–water partition coefficient (Wildman–Crippen LogP) is 5.02. The van der Waals surface area contributed by atoms with Gasteiger partial charge in [-0.15, -0.1) is 0 Å². The molecule has 2 heterocycles. The normalized spacial score (nSPS) is 14.6. The molecule has 170 valence electrons. The summed E-state index contributed by atoms with van der Waals surface area (Å²) in [7, 11) is 1.74. The Labute approximate surface area is 199 Å². The van der Waals surface area contributed by atoms with Gasteiger partial charge in [0.1, 0.15) is 5.52 Å². The Morgan fingerprint density at radius 1 is 1.28 bits per heavy atom. The lowest BCUT2D eigenvalue weighted by Crippen LogP contribution is -2.35. The maximum atomic E-state index is 15.4. The standard InChI is InChI=1S/C22H24BrClFN5O2/c1-29-13-26-21-18(29)12-15(22(31)28-32-10-9-30-7-3-2-4-8-30)20(19(21)25)27-17-6-5-14(23)11-16(17)24/h5-6,11-13,27H,2-4,7-10H2,1H3,(H,28,31). The minimum Gasteiger partial charge on any atom is -0.351 e. The van der Waals surface area contributed by atoms with Crippen LogP contribution in [0.2, 0.25) is 5.02 Å². The fraction of sp³-hybridized carbons (Fsp3) is 0.364. The highest BCUT2D eigenvalue weighted by Gasteiger charge is 2.22. The van der Waals surface area contributed by atoms with Gasteiger partial charge >= 0.3 is 0 Å². The third-order valence-electron chi connectivity index (χ3n) is 5.52. The van der Waals surface area contributed by atoms with Gasteiger partial charge in [0.2, 0.25) is 0 Å². The summed E-state index contributed by atoms with van der Waals surface area (Å²) in [5.41, 5.74) is 3.64. The Morgan fingerprint density at radius 3 is 2.81 bits per heavy atom. The van der Waals surface area contributed by atoms with E-state index in [1.165, 1.54) is 25.6 Å². The average Bonchev–Trinajstić information content (AvgIpc) is 3.16. The lowest BCUT2D eigenvalue weighted by molar-refractivity contribution is 0.0207. The van der Waals surface area contributed by atoms with Crippen molar-refractivity contribution in [2.75, 3.05) is 31.6 Å². The molecule has 0 aliphatic carbocycles. The third kappa shape index (κ3) is 5.06. The number of imidazole rings is 1. The molecule has 2 N–H and O–H groups in total. The molecule has 4 rings (SSSR count). The molecule has 1 fully saturated rings. The van der Waals surface area contributed by atoms with Crippen LogP contribution in [0.3, 0.4) is 0 Å². The fourth-order valence-corrected chi connectivity index (χ4v) is 4.50. The number of benzene rings is 2. The summed E-state index contributed by atoms with van der Waals surface area (Å²) in [4.78, 5) is 24.8. The molecule has 2 aromatic carbocycles. The van der Waals surface area contributed by atoms with E-state index in [1.807, 2.05) is 0 Å². The summed E-state index contributed by atoms with van der Waals surface area (Å²) in [5.74, 6) is -1.19. The van der Waals surface area contributed by atoms with Gasteiger partial charge in [-0.2, -0.15) is 0 Å². The molecule has 0 unspecified atom stereocenters. The van der Waals surface area contributed by atoms with Gasteiger partial charge in [0.25, 0.3) is 5.91 Å². The number of nitrogens with zero attached hydrogens (tertiary/aromatic N) is 3. The van der Waals surface area contributed by atoms with Crippen molar-refractivity contribution >= 4 is 55.8 Å². The first kappa shape index (κ1) is 23.0. The molecule has 1 aliphatic rings. The lowest BCUT2D eigenvalue weighted by Gasteiger charge is -2.25. The SMILES string of the molecule is Cn1cnc2c(F)c(Nc3ccc(Br)cc3Cl)c(C(=O)NOCCN3CCCCC3)cc21. The number of piperidine rings is 1. The van der Waals surface area contributed by atoms with Gasteiger partial charge in [-0.3, -0.25) is 9.63 Å². The molecule has 7 nitrogen and oxygen atoms in total. The number of halogens is 3. The molecule has 3 aromatic rings. The highest BCUT2D eigenvalue weighted by molar-refractivity contribution is 9.10. The second-order valence-corrected chi connectivity index (χ2v) is 9.09. The van der Waals surface area contributed by atoms with Crippen molar-refractivity contribution in [3.63, 3.8) is 0 Å². The second-order valence-electron chi connectivity index (χ2n) is 7.77. The summed E-state index contributed by atoms with van der Waals surface area (Å²) >= 11 is 9.65. The van der Waals surface area contributed by atoms with Crippen molar-refractivity contribution in [2.45, 2.75) is 19.3 Å². The van der Waals surface area contributed by atoms with E-state index in [2.05, 4.69) is 36.6 Å². The molecule has 32 heavy (non-hydrogen) atoms. The van der Waals surface area contributed by atoms with Gasteiger partial charge < -0.3 is 14.8 Å². The molecular formula is C22H24BrClFN5O2. The van der Waals surface area contributed by atoms with Crippen molar-refractivity contribution in [3.8, 4) is 0 Å². The van der Waals surface area contributed by atoms with E-state index in [-0.39, 0.29) is 16.8 Å². The zero-order valence-corrected chi connectivity index (χ0v) is 20.0. The van der Waals surface area contributed by atoms with Crippen molar-refractivity contribution < 1.29 is 14.0 Å². The van der Waals surface area contributed by atoms with Crippen LogP contribution >= 0.6 is 27.5 Å². The number of likely N-dealkylation sites (tertiary alicyclic amines) is 1. The molecule has 1 saturated heterocycles. The van der Waals surface area contributed by atoms with Crippen LogP contribution in [0, 0.1) is 5.82 Å². The van der Waals surface area contributed by atoms with Gasteiger partial charge in [0.05, 0.1) is 40.4 Å². The maximum absolute atomic E-state index is 15.4. The van der Waals surface area contributed by atoms with Crippen molar-refractivity contribution in [1.82, 2.24) is 19.9 Å². The molecule has 1 aromatic heterocycles. The van der Waals surface area contributed by atoms with Crippen molar-refractivity contribution in [3.05, 3.63) is 51.5 Å². The van der Waals surface area contributed by atoms with Crippen LogP contribution in [0.5, 0.6) is 0 Å². The minimum atomic E-state index is -0.638. The number of carbonyl (C=O) groups is 1. The molecule has 0 atom stereocenters. The number of aryl methyl sites for hydroxylation is 1. The van der Waals surface area contributed by atoms with E-state index in [0.717, 1.165) is 24.1 Å². The van der Waals surface area contributed by atoms with Gasteiger partial charge in [-0.05, 0) is 50.2 Å². The first-order valence-electron chi connectivity index (χ1n) is 10.4. The topological polar surface area (TPSA) is 71.4 Å². The van der Waals surface area contributed by atoms with Crippen LogP contribution in [0.25, 0.3) is 11.0 Å². The average molecular weight is 525 g/mol. The number of hydrogen-bond donors (Lipinski definition) is 2. The van der Waals surface area contributed by atoms with Crippen molar-refractivity contribution in [2.24, 2.45) is 7.05 Å². The highest BCUT2D eigenvalue weighted by atomic mass is 79.9.